The van der Waals surface area contributed by atoms with Gasteiger partial charge < -0.3 is 5.32 Å². The third-order valence-electron chi connectivity index (χ3n) is 2.97. The Morgan fingerprint density at radius 3 is 2.55 bits per heavy atom. The Balaban J connectivity index is 2.78. The fourth-order valence-corrected chi connectivity index (χ4v) is 2.07. The number of hydrogen-bond acceptors (Lipinski definition) is 3. The molecule has 0 spiro atoms. The molecule has 0 radical (unpaired) electrons. The largest absolute Gasteiger partial charge is 0.350 e. The molecule has 1 aromatic rings. The maximum Gasteiger partial charge on any atom is 0.288 e. The molecule has 0 aromatic heterocycles. The number of hydrogen-bond donors (Lipinski definition) is 1. The van der Waals surface area contributed by atoms with Crippen LogP contribution in [0.25, 0.3) is 0 Å². The Labute approximate surface area is 123 Å². The van der Waals surface area contributed by atoms with Gasteiger partial charge in [0.2, 0.25) is 0 Å². The minimum Gasteiger partial charge on any atom is -0.350 e. The van der Waals surface area contributed by atoms with Crippen LogP contribution in [0.4, 0.5) is 5.69 Å². The van der Waals surface area contributed by atoms with Crippen LogP contribution in [0.15, 0.2) is 18.2 Å². The molecule has 110 valence electrons. The second-order valence-electron chi connectivity index (χ2n) is 5.24. The summed E-state index contributed by atoms with van der Waals surface area (Å²) < 4.78 is 0. The summed E-state index contributed by atoms with van der Waals surface area (Å²) in [6, 6.07) is 4.22. The fourth-order valence-electron chi connectivity index (χ4n) is 1.79. The number of benzene rings is 1. The van der Waals surface area contributed by atoms with Crippen LogP contribution in [-0.4, -0.2) is 16.9 Å². The maximum atomic E-state index is 12.1. The summed E-state index contributed by atoms with van der Waals surface area (Å²) in [5.74, 6) is 0.186. The second kappa shape index (κ2) is 7.24. The highest BCUT2D eigenvalue weighted by Gasteiger charge is 2.20. The van der Waals surface area contributed by atoms with Crippen LogP contribution in [0.1, 0.15) is 44.0 Å². The van der Waals surface area contributed by atoms with Crippen molar-refractivity contribution < 1.29 is 9.72 Å². The molecule has 1 N–H and O–H groups in total. The summed E-state index contributed by atoms with van der Waals surface area (Å²) in [6.07, 6.45) is 1.86. The van der Waals surface area contributed by atoms with Crippen LogP contribution >= 0.6 is 11.6 Å². The number of carbonyl (C=O) groups excluding carboxylic acids is 1. The standard InChI is InChI=1S/C14H19ClN2O3/c1-9(2)7-8-10(3)16-14(18)11-5-4-6-12(13(11)15)17(19)20/h4-6,9-10H,7-8H2,1-3H3,(H,16,18). The van der Waals surface area contributed by atoms with Crippen LogP contribution in [0.5, 0.6) is 0 Å². The topological polar surface area (TPSA) is 72.2 Å². The molecule has 5 nitrogen and oxygen atoms in total. The first-order valence-electron chi connectivity index (χ1n) is 6.56. The molecule has 0 bridgehead atoms. The molecule has 0 heterocycles. The molecular weight excluding hydrogens is 280 g/mol. The summed E-state index contributed by atoms with van der Waals surface area (Å²) in [5.41, 5.74) is -0.119. The minimum absolute atomic E-state index is 0.000212. The van der Waals surface area contributed by atoms with E-state index < -0.39 is 4.92 Å². The molecule has 0 aliphatic carbocycles. The normalized spacial score (nSPS) is 12.2. The molecule has 1 unspecified atom stereocenters. The molecule has 0 saturated carbocycles. The van der Waals surface area contributed by atoms with Crippen LogP contribution < -0.4 is 5.32 Å². The highest BCUT2D eigenvalue weighted by molar-refractivity contribution is 6.35. The third kappa shape index (κ3) is 4.49. The molecule has 6 heteroatoms. The van der Waals surface area contributed by atoms with E-state index in [1.54, 1.807) is 0 Å². The predicted octanol–water partition coefficient (Wildman–Crippen LogP) is 3.80. The average Bonchev–Trinajstić information content (AvgIpc) is 2.36. The smallest absolute Gasteiger partial charge is 0.288 e. The van der Waals surface area contributed by atoms with Gasteiger partial charge in [-0.15, -0.1) is 0 Å². The number of amides is 1. The van der Waals surface area contributed by atoms with Crippen LogP contribution in [0.3, 0.4) is 0 Å². The number of rotatable bonds is 6. The molecule has 0 aliphatic heterocycles. The first-order chi connectivity index (χ1) is 9.32. The van der Waals surface area contributed by atoms with Gasteiger partial charge in [0.25, 0.3) is 11.6 Å². The quantitative estimate of drug-likeness (QED) is 0.641. The maximum absolute atomic E-state index is 12.1. The van der Waals surface area contributed by atoms with Crippen molar-refractivity contribution in [3.8, 4) is 0 Å². The molecule has 1 aromatic carbocycles. The van der Waals surface area contributed by atoms with Crippen molar-refractivity contribution in [1.29, 1.82) is 0 Å². The first kappa shape index (κ1) is 16.4. The van der Waals surface area contributed by atoms with E-state index in [2.05, 4.69) is 19.2 Å². The Hall–Kier alpha value is -1.62. The summed E-state index contributed by atoms with van der Waals surface area (Å²) in [4.78, 5) is 22.3. The Kier molecular flexibility index (Phi) is 5.95. The van der Waals surface area contributed by atoms with Gasteiger partial charge in [0.1, 0.15) is 5.02 Å². The van der Waals surface area contributed by atoms with E-state index in [-0.39, 0.29) is 28.2 Å². The third-order valence-corrected chi connectivity index (χ3v) is 3.37. The van der Waals surface area contributed by atoms with E-state index in [0.717, 1.165) is 12.8 Å². The minimum atomic E-state index is -0.596. The van der Waals surface area contributed by atoms with Crippen molar-refractivity contribution in [2.24, 2.45) is 5.92 Å². The van der Waals surface area contributed by atoms with Gasteiger partial charge >= 0.3 is 0 Å². The molecule has 0 saturated heterocycles. The van der Waals surface area contributed by atoms with Gasteiger partial charge in [-0.05, 0) is 31.7 Å². The van der Waals surface area contributed by atoms with E-state index >= 15 is 0 Å². The van der Waals surface area contributed by atoms with Crippen LogP contribution in [-0.2, 0) is 0 Å². The number of nitro benzene ring substituents is 1. The Bertz CT molecular complexity index is 503. The van der Waals surface area contributed by atoms with Crippen molar-refractivity contribution in [3.63, 3.8) is 0 Å². The molecule has 1 atom stereocenters. The van der Waals surface area contributed by atoms with E-state index in [9.17, 15) is 14.9 Å². The van der Waals surface area contributed by atoms with Gasteiger partial charge in [-0.1, -0.05) is 31.5 Å². The molecular formula is C14H19ClN2O3. The van der Waals surface area contributed by atoms with E-state index in [0.29, 0.717) is 5.92 Å². The zero-order valence-corrected chi connectivity index (χ0v) is 12.6. The lowest BCUT2D eigenvalue weighted by Crippen LogP contribution is -2.33. The zero-order valence-electron chi connectivity index (χ0n) is 11.9. The first-order valence-corrected chi connectivity index (χ1v) is 6.94. The van der Waals surface area contributed by atoms with Gasteiger partial charge in [0.15, 0.2) is 0 Å². The summed E-state index contributed by atoms with van der Waals surface area (Å²) >= 11 is 5.91. The van der Waals surface area contributed by atoms with Gasteiger partial charge in [0.05, 0.1) is 10.5 Å². The molecule has 1 rings (SSSR count). The summed E-state index contributed by atoms with van der Waals surface area (Å²) in [7, 11) is 0. The van der Waals surface area contributed by atoms with Gasteiger partial charge in [-0.2, -0.15) is 0 Å². The molecule has 0 fully saturated rings. The highest BCUT2D eigenvalue weighted by Crippen LogP contribution is 2.27. The van der Waals surface area contributed by atoms with Crippen molar-refractivity contribution in [3.05, 3.63) is 38.9 Å². The van der Waals surface area contributed by atoms with E-state index in [1.807, 2.05) is 6.92 Å². The molecule has 1 amide bonds. The van der Waals surface area contributed by atoms with Crippen molar-refractivity contribution in [2.45, 2.75) is 39.7 Å². The second-order valence-corrected chi connectivity index (χ2v) is 5.62. The number of nitrogens with zero attached hydrogens (tertiary/aromatic N) is 1. The van der Waals surface area contributed by atoms with Gasteiger partial charge in [0, 0.05) is 12.1 Å². The van der Waals surface area contributed by atoms with Crippen molar-refractivity contribution >= 4 is 23.2 Å². The van der Waals surface area contributed by atoms with E-state index in [1.165, 1.54) is 18.2 Å². The lowest BCUT2D eigenvalue weighted by Gasteiger charge is -2.15. The lowest BCUT2D eigenvalue weighted by molar-refractivity contribution is -0.384. The molecule has 20 heavy (non-hydrogen) atoms. The number of carbonyl (C=O) groups is 1. The van der Waals surface area contributed by atoms with Crippen molar-refractivity contribution in [1.82, 2.24) is 5.32 Å². The lowest BCUT2D eigenvalue weighted by atomic mass is 10.0. The van der Waals surface area contributed by atoms with Crippen LogP contribution in [0.2, 0.25) is 5.02 Å². The van der Waals surface area contributed by atoms with Crippen LogP contribution in [0, 0.1) is 16.0 Å². The highest BCUT2D eigenvalue weighted by atomic mass is 35.5. The summed E-state index contributed by atoms with van der Waals surface area (Å²) in [6.45, 7) is 6.14. The average molecular weight is 299 g/mol. The van der Waals surface area contributed by atoms with Crippen molar-refractivity contribution in [2.75, 3.05) is 0 Å². The van der Waals surface area contributed by atoms with Gasteiger partial charge in [-0.25, -0.2) is 0 Å². The molecule has 0 aliphatic rings. The number of nitrogens with one attached hydrogen (secondary N) is 1. The fraction of sp³-hybridized carbons (Fsp3) is 0.500. The monoisotopic (exact) mass is 298 g/mol. The van der Waals surface area contributed by atoms with Gasteiger partial charge in [-0.3, -0.25) is 14.9 Å². The Morgan fingerprint density at radius 2 is 2.00 bits per heavy atom. The van der Waals surface area contributed by atoms with E-state index in [4.69, 9.17) is 11.6 Å². The predicted molar refractivity (Wildman–Crippen MR) is 79.1 cm³/mol. The SMILES string of the molecule is CC(C)CCC(C)NC(=O)c1cccc([N+](=O)[O-])c1Cl. The Morgan fingerprint density at radius 1 is 1.35 bits per heavy atom. The number of halogens is 1. The summed E-state index contributed by atoms with van der Waals surface area (Å²) in [5, 5.41) is 13.5. The number of nitro groups is 1. The zero-order chi connectivity index (χ0) is 15.3.